The van der Waals surface area contributed by atoms with Crippen molar-refractivity contribution in [2.24, 2.45) is 5.92 Å². The molecule has 0 amide bonds. The van der Waals surface area contributed by atoms with E-state index in [1.54, 1.807) is 0 Å². The van der Waals surface area contributed by atoms with Gasteiger partial charge >= 0.3 is 0 Å². The van der Waals surface area contributed by atoms with Crippen molar-refractivity contribution in [1.29, 1.82) is 0 Å². The maximum absolute atomic E-state index is 12.4. The molecule has 0 aromatic rings. The first kappa shape index (κ1) is 7.95. The maximum Gasteiger partial charge on any atom is 0.0433 e. The number of hydrogen-bond acceptors (Lipinski definition) is 2. The van der Waals surface area contributed by atoms with Crippen molar-refractivity contribution in [3.8, 4) is 0 Å². The van der Waals surface area contributed by atoms with Crippen molar-refractivity contribution in [3.63, 3.8) is 0 Å². The molecule has 0 radical (unpaired) electrons. The zero-order valence-electron chi connectivity index (χ0n) is 6.09. The Morgan fingerprint density at radius 1 is 1.40 bits per heavy atom. The number of nitrogens with zero attached hydrogens (tertiary/aromatic N) is 1. The zero-order chi connectivity index (χ0) is 7.40. The first-order valence-corrected chi connectivity index (χ1v) is 3.84. The summed E-state index contributed by atoms with van der Waals surface area (Å²) in [4.78, 5) is 0. The van der Waals surface area contributed by atoms with Crippen LogP contribution in [0.1, 0.15) is 19.3 Å². The quantitative estimate of drug-likeness (QED) is 0.588. The second-order valence-corrected chi connectivity index (χ2v) is 2.87. The lowest BCUT2D eigenvalue weighted by atomic mass is 9.95. The van der Waals surface area contributed by atoms with Crippen molar-refractivity contribution in [2.45, 2.75) is 19.3 Å². The predicted octanol–water partition coefficient (Wildman–Crippen LogP) is 0.965. The van der Waals surface area contributed by atoms with Crippen LogP contribution in [0.2, 0.25) is 0 Å². The molecule has 1 N–H and O–H groups in total. The van der Waals surface area contributed by atoms with Gasteiger partial charge in [-0.25, -0.2) is 0 Å². The molecular formula is C7H14FNO. The number of rotatable bonds is 2. The van der Waals surface area contributed by atoms with Crippen LogP contribution >= 0.6 is 0 Å². The van der Waals surface area contributed by atoms with Crippen molar-refractivity contribution in [1.82, 2.24) is 5.12 Å². The van der Waals surface area contributed by atoms with Gasteiger partial charge in [0, 0.05) is 19.7 Å². The molecule has 1 heterocycles. The lowest BCUT2D eigenvalue weighted by Crippen LogP contribution is -2.27. The Kier molecular flexibility index (Phi) is 3.09. The highest BCUT2D eigenvalue weighted by Gasteiger charge is 2.17. The molecule has 1 fully saturated rings. The number of piperidine rings is 1. The van der Waals surface area contributed by atoms with Gasteiger partial charge in [-0.3, -0.25) is 0 Å². The lowest BCUT2D eigenvalue weighted by Gasteiger charge is -2.24. The third-order valence-electron chi connectivity index (χ3n) is 2.10. The van der Waals surface area contributed by atoms with Gasteiger partial charge < -0.3 is 5.11 Å². The molecular weight excluding hydrogens is 133 g/mol. The zero-order valence-corrected chi connectivity index (χ0v) is 6.09. The predicted molar refractivity (Wildman–Crippen MR) is 37.1 cm³/mol. The second kappa shape index (κ2) is 3.88. The highest BCUT2D eigenvalue weighted by Crippen LogP contribution is 2.19. The number of halogens is 1. The number of aliphatic hydroxyl groups excluding tert-OH is 1. The molecule has 0 aromatic heterocycles. The minimum Gasteiger partial charge on any atom is -0.396 e. The molecule has 2 nitrogen and oxygen atoms in total. The Bertz CT molecular complexity index is 91.6. The van der Waals surface area contributed by atoms with E-state index in [1.807, 2.05) is 0 Å². The summed E-state index contributed by atoms with van der Waals surface area (Å²) in [6, 6.07) is 0. The van der Waals surface area contributed by atoms with Crippen molar-refractivity contribution >= 4 is 0 Å². The third kappa shape index (κ3) is 2.23. The van der Waals surface area contributed by atoms with Crippen LogP contribution in [0.5, 0.6) is 0 Å². The van der Waals surface area contributed by atoms with Crippen LogP contribution in [-0.2, 0) is 0 Å². The molecule has 10 heavy (non-hydrogen) atoms. The fourth-order valence-corrected chi connectivity index (χ4v) is 1.37. The fraction of sp³-hybridized carbons (Fsp3) is 1.00. The van der Waals surface area contributed by atoms with E-state index in [4.69, 9.17) is 5.11 Å². The molecule has 0 spiro atoms. The second-order valence-electron chi connectivity index (χ2n) is 2.87. The van der Waals surface area contributed by atoms with Crippen LogP contribution in [0.15, 0.2) is 0 Å². The van der Waals surface area contributed by atoms with Crippen molar-refractivity contribution in [3.05, 3.63) is 0 Å². The molecule has 3 heteroatoms. The van der Waals surface area contributed by atoms with Gasteiger partial charge in [0.1, 0.15) is 0 Å². The van der Waals surface area contributed by atoms with Crippen LogP contribution in [0.25, 0.3) is 0 Å². The standard InChI is InChI=1S/C7H14FNO/c8-9-4-1-7(2-5-9)3-6-10/h7,10H,1-6H2. The molecule has 0 aliphatic carbocycles. The summed E-state index contributed by atoms with van der Waals surface area (Å²) < 4.78 is 12.4. The Morgan fingerprint density at radius 2 is 2.00 bits per heavy atom. The average Bonchev–Trinajstić information content (AvgIpc) is 1.95. The minimum absolute atomic E-state index is 0.247. The topological polar surface area (TPSA) is 23.5 Å². The molecule has 1 aliphatic heterocycles. The molecule has 0 atom stereocenters. The van der Waals surface area contributed by atoms with E-state index in [-0.39, 0.29) is 6.61 Å². The minimum atomic E-state index is 0.247. The lowest BCUT2D eigenvalue weighted by molar-refractivity contribution is -0.0116. The first-order chi connectivity index (χ1) is 4.83. The molecule has 60 valence electrons. The van der Waals surface area contributed by atoms with Gasteiger partial charge in [-0.1, -0.05) is 0 Å². The smallest absolute Gasteiger partial charge is 0.0433 e. The molecule has 1 saturated heterocycles. The van der Waals surface area contributed by atoms with Crippen LogP contribution in [0.4, 0.5) is 4.48 Å². The fourth-order valence-electron chi connectivity index (χ4n) is 1.37. The van der Waals surface area contributed by atoms with Crippen LogP contribution in [0, 0.1) is 5.92 Å². The Labute approximate surface area is 60.6 Å². The highest BCUT2D eigenvalue weighted by molar-refractivity contribution is 4.67. The maximum atomic E-state index is 12.4. The number of aliphatic hydroxyl groups is 1. The van der Waals surface area contributed by atoms with Gasteiger partial charge in [-0.05, 0) is 25.2 Å². The average molecular weight is 147 g/mol. The van der Waals surface area contributed by atoms with Gasteiger partial charge in [0.2, 0.25) is 0 Å². The summed E-state index contributed by atoms with van der Waals surface area (Å²) in [7, 11) is 0. The Balaban J connectivity index is 2.13. The van der Waals surface area contributed by atoms with Crippen molar-refractivity contribution in [2.75, 3.05) is 19.7 Å². The van der Waals surface area contributed by atoms with E-state index >= 15 is 0 Å². The van der Waals surface area contributed by atoms with E-state index in [1.165, 1.54) is 0 Å². The van der Waals surface area contributed by atoms with E-state index in [9.17, 15) is 4.48 Å². The summed E-state index contributed by atoms with van der Waals surface area (Å²) in [6.45, 7) is 1.34. The molecule has 0 bridgehead atoms. The van der Waals surface area contributed by atoms with Gasteiger partial charge in [0.15, 0.2) is 0 Å². The van der Waals surface area contributed by atoms with E-state index in [0.29, 0.717) is 19.0 Å². The highest BCUT2D eigenvalue weighted by atomic mass is 19.2. The Hall–Kier alpha value is -0.150. The molecule has 0 unspecified atom stereocenters. The molecule has 1 aliphatic rings. The summed E-state index contributed by atoms with van der Waals surface area (Å²) >= 11 is 0. The van der Waals surface area contributed by atoms with E-state index in [0.717, 1.165) is 24.4 Å². The largest absolute Gasteiger partial charge is 0.396 e. The monoisotopic (exact) mass is 147 g/mol. The van der Waals surface area contributed by atoms with Gasteiger partial charge in [-0.15, -0.1) is 9.60 Å². The molecule has 0 saturated carbocycles. The normalized spacial score (nSPS) is 23.4. The van der Waals surface area contributed by atoms with Crippen LogP contribution in [-0.4, -0.2) is 29.9 Å². The van der Waals surface area contributed by atoms with Crippen LogP contribution < -0.4 is 0 Å². The van der Waals surface area contributed by atoms with Gasteiger partial charge in [-0.2, -0.15) is 0 Å². The van der Waals surface area contributed by atoms with E-state index < -0.39 is 0 Å². The van der Waals surface area contributed by atoms with Gasteiger partial charge in [0.05, 0.1) is 0 Å². The van der Waals surface area contributed by atoms with Gasteiger partial charge in [0.25, 0.3) is 0 Å². The first-order valence-electron chi connectivity index (χ1n) is 3.84. The molecule has 1 rings (SSSR count). The summed E-state index contributed by atoms with van der Waals surface area (Å²) in [6.07, 6.45) is 2.64. The van der Waals surface area contributed by atoms with Crippen LogP contribution in [0.3, 0.4) is 0 Å². The molecule has 0 aromatic carbocycles. The SMILES string of the molecule is OCCC1CCN(F)CC1. The summed E-state index contributed by atoms with van der Waals surface area (Å²) in [5.41, 5.74) is 0. The summed E-state index contributed by atoms with van der Waals surface area (Å²) in [5, 5.41) is 9.43. The van der Waals surface area contributed by atoms with E-state index in [2.05, 4.69) is 0 Å². The third-order valence-corrected chi connectivity index (χ3v) is 2.10. The Morgan fingerprint density at radius 3 is 2.50 bits per heavy atom. The van der Waals surface area contributed by atoms with Crippen molar-refractivity contribution < 1.29 is 9.59 Å². The number of hydrogen-bond donors (Lipinski definition) is 1. The summed E-state index contributed by atoms with van der Waals surface area (Å²) in [5.74, 6) is 0.553.